The van der Waals surface area contributed by atoms with Crippen molar-refractivity contribution in [3.8, 4) is 0 Å². The van der Waals surface area contributed by atoms with Crippen LogP contribution in [0.15, 0.2) is 77.7 Å². The molecule has 3 aromatic carbocycles. The summed E-state index contributed by atoms with van der Waals surface area (Å²) in [5.41, 5.74) is 2.71. The third-order valence-electron chi connectivity index (χ3n) is 4.90. The van der Waals surface area contributed by atoms with Gasteiger partial charge in [0.2, 0.25) is 0 Å². The van der Waals surface area contributed by atoms with E-state index in [0.29, 0.717) is 17.7 Å². The first kappa shape index (κ1) is 19.9. The van der Waals surface area contributed by atoms with Crippen molar-refractivity contribution in [3.63, 3.8) is 0 Å². The van der Waals surface area contributed by atoms with E-state index in [1.165, 1.54) is 4.31 Å². The van der Waals surface area contributed by atoms with Gasteiger partial charge < -0.3 is 5.32 Å². The van der Waals surface area contributed by atoms with E-state index in [0.717, 1.165) is 14.8 Å². The summed E-state index contributed by atoms with van der Waals surface area (Å²) in [7, 11) is -3.65. The zero-order valence-electron chi connectivity index (χ0n) is 15.7. The van der Waals surface area contributed by atoms with Crippen LogP contribution in [0.5, 0.6) is 0 Å². The number of sulfonamides is 1. The molecule has 0 fully saturated rings. The lowest BCUT2D eigenvalue weighted by Crippen LogP contribution is -2.35. The van der Waals surface area contributed by atoms with Crippen LogP contribution in [0, 0.1) is 3.57 Å². The highest BCUT2D eigenvalue weighted by Crippen LogP contribution is 2.37. The summed E-state index contributed by atoms with van der Waals surface area (Å²) in [6, 6.07) is 20.9. The molecule has 0 saturated heterocycles. The third-order valence-corrected chi connectivity index (χ3v) is 7.56. The maximum atomic E-state index is 13.1. The number of hydrogen-bond donors (Lipinski definition) is 1. The summed E-state index contributed by atoms with van der Waals surface area (Å²) in [5.74, 6) is -0.217. The fourth-order valence-electron chi connectivity index (χ4n) is 3.55. The Labute approximate surface area is 183 Å². The standard InChI is InChI=1S/C22H19IN2O3S/c1-15-13-17-14-16(22(26)24-19-10-8-18(23)9-11-19)7-12-21(17)25(15)29(27,28)20-5-3-2-4-6-20/h2-12,14-15H,13H2,1H3,(H,24,26)/t15-/m1/s1. The quantitative estimate of drug-likeness (QED) is 0.510. The highest BCUT2D eigenvalue weighted by molar-refractivity contribution is 14.1. The molecule has 29 heavy (non-hydrogen) atoms. The highest BCUT2D eigenvalue weighted by atomic mass is 127. The molecule has 148 valence electrons. The van der Waals surface area contributed by atoms with Crippen LogP contribution in [0.25, 0.3) is 0 Å². The number of benzene rings is 3. The first-order valence-corrected chi connectivity index (χ1v) is 11.7. The Hall–Kier alpha value is -2.39. The van der Waals surface area contributed by atoms with Crippen molar-refractivity contribution in [1.82, 2.24) is 0 Å². The molecular formula is C22H19IN2O3S. The van der Waals surface area contributed by atoms with Crippen LogP contribution in [0.3, 0.4) is 0 Å². The number of fused-ring (bicyclic) bond motifs is 1. The van der Waals surface area contributed by atoms with Crippen molar-refractivity contribution in [2.24, 2.45) is 0 Å². The minimum absolute atomic E-state index is 0.217. The largest absolute Gasteiger partial charge is 0.322 e. The topological polar surface area (TPSA) is 66.5 Å². The fourth-order valence-corrected chi connectivity index (χ4v) is 5.63. The smallest absolute Gasteiger partial charge is 0.264 e. The summed E-state index contributed by atoms with van der Waals surface area (Å²) in [6.07, 6.45) is 0.562. The lowest BCUT2D eigenvalue weighted by atomic mass is 10.1. The number of nitrogens with one attached hydrogen (secondary N) is 1. The zero-order valence-corrected chi connectivity index (χ0v) is 18.6. The number of nitrogens with zero attached hydrogens (tertiary/aromatic N) is 1. The van der Waals surface area contributed by atoms with E-state index < -0.39 is 10.0 Å². The predicted octanol–water partition coefficient (Wildman–Crippen LogP) is 4.68. The second-order valence-electron chi connectivity index (χ2n) is 6.97. The Morgan fingerprint density at radius 3 is 2.41 bits per heavy atom. The Morgan fingerprint density at radius 2 is 1.72 bits per heavy atom. The van der Waals surface area contributed by atoms with E-state index in [2.05, 4.69) is 27.9 Å². The van der Waals surface area contributed by atoms with Gasteiger partial charge in [0.1, 0.15) is 0 Å². The molecule has 0 bridgehead atoms. The van der Waals surface area contributed by atoms with Crippen LogP contribution in [-0.2, 0) is 16.4 Å². The molecule has 1 aliphatic heterocycles. The predicted molar refractivity (Wildman–Crippen MR) is 123 cm³/mol. The van der Waals surface area contributed by atoms with Gasteiger partial charge in [0.05, 0.1) is 10.6 Å². The van der Waals surface area contributed by atoms with Crippen molar-refractivity contribution in [1.29, 1.82) is 0 Å². The molecular weight excluding hydrogens is 499 g/mol. The van der Waals surface area contributed by atoms with Crippen molar-refractivity contribution < 1.29 is 13.2 Å². The van der Waals surface area contributed by atoms with Gasteiger partial charge in [0, 0.05) is 20.9 Å². The number of rotatable bonds is 4. The Bertz CT molecular complexity index is 1160. The van der Waals surface area contributed by atoms with E-state index in [4.69, 9.17) is 0 Å². The van der Waals surface area contributed by atoms with E-state index in [1.54, 1.807) is 48.5 Å². The summed E-state index contributed by atoms with van der Waals surface area (Å²) < 4.78 is 28.8. The second kappa shape index (κ2) is 7.79. The molecule has 1 aliphatic rings. The molecule has 5 nitrogen and oxygen atoms in total. The maximum Gasteiger partial charge on any atom is 0.264 e. The van der Waals surface area contributed by atoms with Gasteiger partial charge in [0.15, 0.2) is 0 Å². The van der Waals surface area contributed by atoms with Gasteiger partial charge in [-0.25, -0.2) is 8.42 Å². The average molecular weight is 518 g/mol. The van der Waals surface area contributed by atoms with Gasteiger partial charge in [-0.3, -0.25) is 9.10 Å². The number of carbonyl (C=O) groups excluding carboxylic acids is 1. The molecule has 1 heterocycles. The number of carbonyl (C=O) groups is 1. The van der Waals surface area contributed by atoms with Gasteiger partial charge in [-0.05, 0) is 96.1 Å². The van der Waals surface area contributed by atoms with Crippen LogP contribution in [0.4, 0.5) is 11.4 Å². The minimum atomic E-state index is -3.65. The molecule has 0 spiro atoms. The molecule has 3 aromatic rings. The SMILES string of the molecule is C[C@@H]1Cc2cc(C(=O)Nc3ccc(I)cc3)ccc2N1S(=O)(=O)c1ccccc1. The highest BCUT2D eigenvalue weighted by Gasteiger charge is 2.36. The van der Waals surface area contributed by atoms with Crippen molar-refractivity contribution in [3.05, 3.63) is 87.5 Å². The third kappa shape index (κ3) is 3.89. The van der Waals surface area contributed by atoms with Crippen LogP contribution in [0.1, 0.15) is 22.8 Å². The molecule has 0 saturated carbocycles. The van der Waals surface area contributed by atoms with Crippen LogP contribution >= 0.6 is 22.6 Å². The summed E-state index contributed by atoms with van der Waals surface area (Å²) in [6.45, 7) is 1.88. The molecule has 0 unspecified atom stereocenters. The molecule has 4 rings (SSSR count). The fraction of sp³-hybridized carbons (Fsp3) is 0.136. The lowest BCUT2D eigenvalue weighted by Gasteiger charge is -2.24. The summed E-state index contributed by atoms with van der Waals surface area (Å²) >= 11 is 2.21. The Morgan fingerprint density at radius 1 is 1.03 bits per heavy atom. The first-order valence-electron chi connectivity index (χ1n) is 9.15. The van der Waals surface area contributed by atoms with Gasteiger partial charge in [-0.1, -0.05) is 18.2 Å². The van der Waals surface area contributed by atoms with Gasteiger partial charge in [0.25, 0.3) is 15.9 Å². The molecule has 1 atom stereocenters. The molecule has 0 radical (unpaired) electrons. The second-order valence-corrected chi connectivity index (χ2v) is 10.0. The van der Waals surface area contributed by atoms with E-state index in [-0.39, 0.29) is 16.8 Å². The number of amides is 1. The van der Waals surface area contributed by atoms with Crippen LogP contribution in [-0.4, -0.2) is 20.4 Å². The van der Waals surface area contributed by atoms with Crippen LogP contribution in [0.2, 0.25) is 0 Å². The normalized spacial score (nSPS) is 15.8. The van der Waals surface area contributed by atoms with Gasteiger partial charge in [-0.15, -0.1) is 0 Å². The van der Waals surface area contributed by atoms with Gasteiger partial charge in [-0.2, -0.15) is 0 Å². The monoisotopic (exact) mass is 518 g/mol. The number of anilines is 2. The molecule has 0 aromatic heterocycles. The molecule has 1 amide bonds. The molecule has 0 aliphatic carbocycles. The van der Waals surface area contributed by atoms with E-state index in [1.807, 2.05) is 31.2 Å². The summed E-state index contributed by atoms with van der Waals surface area (Å²) in [5, 5.41) is 2.88. The average Bonchev–Trinajstić information content (AvgIpc) is 3.06. The van der Waals surface area contributed by atoms with Gasteiger partial charge >= 0.3 is 0 Å². The Kier molecular flexibility index (Phi) is 5.35. The number of hydrogen-bond acceptors (Lipinski definition) is 3. The lowest BCUT2D eigenvalue weighted by molar-refractivity contribution is 0.102. The maximum absolute atomic E-state index is 13.1. The minimum Gasteiger partial charge on any atom is -0.322 e. The van der Waals surface area contributed by atoms with Crippen molar-refractivity contribution in [2.75, 3.05) is 9.62 Å². The van der Waals surface area contributed by atoms with Crippen molar-refractivity contribution >= 4 is 49.9 Å². The molecule has 1 N–H and O–H groups in total. The first-order chi connectivity index (χ1) is 13.9. The summed E-state index contributed by atoms with van der Waals surface area (Å²) in [4.78, 5) is 12.9. The molecule has 7 heteroatoms. The van der Waals surface area contributed by atoms with E-state index in [9.17, 15) is 13.2 Å². The number of halogens is 1. The van der Waals surface area contributed by atoms with Crippen molar-refractivity contribution in [2.45, 2.75) is 24.3 Å². The Balaban J connectivity index is 1.62. The van der Waals surface area contributed by atoms with E-state index >= 15 is 0 Å². The zero-order chi connectivity index (χ0) is 20.6. The van der Waals surface area contributed by atoms with Crippen LogP contribution < -0.4 is 9.62 Å².